The third-order valence-electron chi connectivity index (χ3n) is 4.34. The second kappa shape index (κ2) is 7.47. The minimum Gasteiger partial charge on any atom is -0.393 e. The van der Waals surface area contributed by atoms with Crippen LogP contribution in [0.15, 0.2) is 24.3 Å². The Hall–Kier alpha value is -1.07. The molecule has 0 amide bonds. The van der Waals surface area contributed by atoms with Gasteiger partial charge in [0.15, 0.2) is 0 Å². The van der Waals surface area contributed by atoms with E-state index < -0.39 is 11.7 Å². The van der Waals surface area contributed by atoms with Crippen molar-refractivity contribution in [3.63, 3.8) is 0 Å². The Kier molecular flexibility index (Phi) is 5.87. The van der Waals surface area contributed by atoms with Gasteiger partial charge in [-0.25, -0.2) is 0 Å². The molecule has 5 heteroatoms. The molecule has 0 radical (unpaired) electrons. The molecule has 0 spiro atoms. The molecule has 2 N–H and O–H groups in total. The van der Waals surface area contributed by atoms with Crippen LogP contribution in [0.2, 0.25) is 0 Å². The molecule has 0 heterocycles. The highest BCUT2D eigenvalue weighted by Crippen LogP contribution is 2.29. The van der Waals surface area contributed by atoms with Gasteiger partial charge in [-0.15, -0.1) is 0 Å². The van der Waals surface area contributed by atoms with Gasteiger partial charge in [0.1, 0.15) is 0 Å². The van der Waals surface area contributed by atoms with Gasteiger partial charge in [0.05, 0.1) is 11.7 Å². The first kappa shape index (κ1) is 17.3. The third kappa shape index (κ3) is 5.29. The average molecular weight is 315 g/mol. The number of alkyl halides is 3. The molecule has 1 fully saturated rings. The van der Waals surface area contributed by atoms with Gasteiger partial charge >= 0.3 is 6.18 Å². The summed E-state index contributed by atoms with van der Waals surface area (Å²) in [5.74, 6) is 0. The molecule has 1 atom stereocenters. The number of benzene rings is 1. The molecule has 124 valence electrons. The van der Waals surface area contributed by atoms with Crippen LogP contribution in [-0.2, 0) is 12.6 Å². The molecule has 2 nitrogen and oxygen atoms in total. The summed E-state index contributed by atoms with van der Waals surface area (Å²) < 4.78 is 38.0. The first-order valence-electron chi connectivity index (χ1n) is 7.95. The fourth-order valence-electron chi connectivity index (χ4n) is 3.01. The first-order valence-corrected chi connectivity index (χ1v) is 7.95. The normalized spacial score (nSPS) is 24.2. The summed E-state index contributed by atoms with van der Waals surface area (Å²) in [5, 5.41) is 13.0. The van der Waals surface area contributed by atoms with Crippen molar-refractivity contribution in [3.05, 3.63) is 35.4 Å². The van der Waals surface area contributed by atoms with Gasteiger partial charge < -0.3 is 10.4 Å². The van der Waals surface area contributed by atoms with Crippen LogP contribution in [0.5, 0.6) is 0 Å². The summed E-state index contributed by atoms with van der Waals surface area (Å²) in [4.78, 5) is 0. The first-order chi connectivity index (χ1) is 10.3. The number of aliphatic hydroxyl groups is 1. The Balaban J connectivity index is 1.80. The highest BCUT2D eigenvalue weighted by molar-refractivity contribution is 5.25. The van der Waals surface area contributed by atoms with E-state index in [1.54, 1.807) is 6.07 Å². The molecule has 0 aromatic heterocycles. The Morgan fingerprint density at radius 1 is 1.23 bits per heavy atom. The van der Waals surface area contributed by atoms with Crippen molar-refractivity contribution in [2.75, 3.05) is 0 Å². The number of nitrogens with one attached hydrogen (secondary N) is 1. The van der Waals surface area contributed by atoms with E-state index >= 15 is 0 Å². The van der Waals surface area contributed by atoms with Crippen molar-refractivity contribution in [2.24, 2.45) is 0 Å². The summed E-state index contributed by atoms with van der Waals surface area (Å²) in [6.07, 6.45) is 0.593. The Bertz CT molecular complexity index is 467. The lowest BCUT2D eigenvalue weighted by Gasteiger charge is -2.29. The molecule has 0 saturated heterocycles. The lowest BCUT2D eigenvalue weighted by molar-refractivity contribution is -0.137. The van der Waals surface area contributed by atoms with E-state index in [1.807, 2.05) is 0 Å². The van der Waals surface area contributed by atoms with Crippen LogP contribution in [0.25, 0.3) is 0 Å². The van der Waals surface area contributed by atoms with Crippen molar-refractivity contribution in [3.8, 4) is 0 Å². The second-order valence-corrected chi connectivity index (χ2v) is 6.31. The van der Waals surface area contributed by atoms with Crippen LogP contribution in [0, 0.1) is 0 Å². The van der Waals surface area contributed by atoms with Crippen molar-refractivity contribution in [1.82, 2.24) is 5.32 Å². The van der Waals surface area contributed by atoms with E-state index in [-0.39, 0.29) is 12.1 Å². The quantitative estimate of drug-likeness (QED) is 0.863. The van der Waals surface area contributed by atoms with Gasteiger partial charge in [-0.2, -0.15) is 13.2 Å². The molecule has 22 heavy (non-hydrogen) atoms. The lowest BCUT2D eigenvalue weighted by Crippen LogP contribution is -2.40. The molecule has 1 aliphatic carbocycles. The van der Waals surface area contributed by atoms with E-state index in [0.29, 0.717) is 12.5 Å². The lowest BCUT2D eigenvalue weighted by atomic mass is 9.92. The predicted molar refractivity (Wildman–Crippen MR) is 80.6 cm³/mol. The SMILES string of the molecule is CC(CCc1cccc(C(F)(F)F)c1)NC1CCC(O)CC1. The van der Waals surface area contributed by atoms with Gasteiger partial charge in [0.25, 0.3) is 0 Å². The molecule has 1 aliphatic rings. The van der Waals surface area contributed by atoms with Gasteiger partial charge in [-0.05, 0) is 57.1 Å². The molecule has 1 unspecified atom stereocenters. The summed E-state index contributed by atoms with van der Waals surface area (Å²) in [6.45, 7) is 2.07. The number of aryl methyl sites for hydroxylation is 1. The number of hydrogen-bond acceptors (Lipinski definition) is 2. The van der Waals surface area contributed by atoms with E-state index in [1.165, 1.54) is 12.1 Å². The van der Waals surface area contributed by atoms with E-state index in [2.05, 4.69) is 12.2 Å². The maximum absolute atomic E-state index is 12.7. The summed E-state index contributed by atoms with van der Waals surface area (Å²) in [6, 6.07) is 6.24. The van der Waals surface area contributed by atoms with E-state index in [0.717, 1.165) is 43.7 Å². The van der Waals surface area contributed by atoms with Crippen molar-refractivity contribution in [1.29, 1.82) is 0 Å². The standard InChI is InChI=1S/C17H24F3NO/c1-12(21-15-7-9-16(22)10-8-15)5-6-13-3-2-4-14(11-13)17(18,19)20/h2-4,11-12,15-16,21-22H,5-10H2,1H3. The zero-order valence-corrected chi connectivity index (χ0v) is 12.9. The predicted octanol–water partition coefficient (Wildman–Crippen LogP) is 3.92. The van der Waals surface area contributed by atoms with Crippen LogP contribution in [0.4, 0.5) is 13.2 Å². The molecule has 2 rings (SSSR count). The average Bonchev–Trinajstić information content (AvgIpc) is 2.47. The second-order valence-electron chi connectivity index (χ2n) is 6.31. The number of aliphatic hydroxyl groups excluding tert-OH is 1. The van der Waals surface area contributed by atoms with Crippen molar-refractivity contribution in [2.45, 2.75) is 69.8 Å². The Labute approximate surface area is 129 Å². The molecule has 0 bridgehead atoms. The third-order valence-corrected chi connectivity index (χ3v) is 4.34. The van der Waals surface area contributed by atoms with Gasteiger partial charge in [0.2, 0.25) is 0 Å². The highest BCUT2D eigenvalue weighted by Gasteiger charge is 2.30. The smallest absolute Gasteiger partial charge is 0.393 e. The van der Waals surface area contributed by atoms with Crippen molar-refractivity contribution >= 4 is 0 Å². The number of halogens is 3. The van der Waals surface area contributed by atoms with Crippen LogP contribution in [0.3, 0.4) is 0 Å². The topological polar surface area (TPSA) is 32.3 Å². The van der Waals surface area contributed by atoms with Crippen LogP contribution in [-0.4, -0.2) is 23.3 Å². The van der Waals surface area contributed by atoms with Crippen LogP contribution < -0.4 is 5.32 Å². The fourth-order valence-corrected chi connectivity index (χ4v) is 3.01. The summed E-state index contributed by atoms with van der Waals surface area (Å²) in [7, 11) is 0. The zero-order chi connectivity index (χ0) is 16.2. The molecule has 1 aromatic carbocycles. The van der Waals surface area contributed by atoms with Crippen LogP contribution in [0.1, 0.15) is 50.2 Å². The minimum absolute atomic E-state index is 0.168. The number of rotatable bonds is 5. The summed E-state index contributed by atoms with van der Waals surface area (Å²) in [5.41, 5.74) is 0.148. The minimum atomic E-state index is -4.27. The van der Waals surface area contributed by atoms with Crippen LogP contribution >= 0.6 is 0 Å². The van der Waals surface area contributed by atoms with Gasteiger partial charge in [0, 0.05) is 12.1 Å². The van der Waals surface area contributed by atoms with Gasteiger partial charge in [-0.1, -0.05) is 18.2 Å². The fraction of sp³-hybridized carbons (Fsp3) is 0.647. The molecular formula is C17H24F3NO. The zero-order valence-electron chi connectivity index (χ0n) is 12.9. The molecule has 0 aliphatic heterocycles. The van der Waals surface area contributed by atoms with Gasteiger partial charge in [-0.3, -0.25) is 0 Å². The monoisotopic (exact) mass is 315 g/mol. The maximum Gasteiger partial charge on any atom is 0.416 e. The molecule has 1 aromatic rings. The maximum atomic E-state index is 12.7. The molecule has 1 saturated carbocycles. The molecular weight excluding hydrogens is 291 g/mol. The van der Waals surface area contributed by atoms with E-state index in [4.69, 9.17) is 0 Å². The Morgan fingerprint density at radius 2 is 1.91 bits per heavy atom. The van der Waals surface area contributed by atoms with E-state index in [9.17, 15) is 18.3 Å². The number of hydrogen-bond donors (Lipinski definition) is 2. The Morgan fingerprint density at radius 3 is 2.55 bits per heavy atom. The summed E-state index contributed by atoms with van der Waals surface area (Å²) >= 11 is 0. The largest absolute Gasteiger partial charge is 0.416 e. The highest BCUT2D eigenvalue weighted by atomic mass is 19.4. The van der Waals surface area contributed by atoms with Crippen molar-refractivity contribution < 1.29 is 18.3 Å².